The minimum absolute atomic E-state index is 0.0561. The summed E-state index contributed by atoms with van der Waals surface area (Å²) >= 11 is 6.50. The molecule has 0 saturated carbocycles. The minimum atomic E-state index is -0.533. The SMILES string of the molecule is COC(=O)CNC(=O)CC1CCN(C(=O)CC[C@H]2O[C@H](c3cccc(OC)c3OC)c3cc(Cl)ccc3-n3cccc32)CC1. The molecule has 11 heteroatoms. The number of hydrogen-bond donors (Lipinski definition) is 1. The van der Waals surface area contributed by atoms with Crippen LogP contribution >= 0.6 is 11.6 Å². The Morgan fingerprint density at radius 2 is 1.80 bits per heavy atom. The summed E-state index contributed by atoms with van der Waals surface area (Å²) in [5.74, 6) is 0.726. The number of para-hydroxylation sites is 1. The van der Waals surface area contributed by atoms with Crippen LogP contribution in [0.2, 0.25) is 5.02 Å². The van der Waals surface area contributed by atoms with Gasteiger partial charge in [0, 0.05) is 48.3 Å². The number of benzene rings is 2. The molecule has 3 heterocycles. The standard InChI is InChI=1S/C33H38ClN3O7/c1-41-28-8-4-6-23(33(28)43-3)32-24-19-22(34)9-10-25(24)37-15-5-7-26(37)27(44-32)11-12-30(39)36-16-13-21(14-17-36)18-29(38)35-20-31(40)42-2/h4-10,15,19,21,27,32H,11-14,16-18,20H2,1-3H3,(H,35,38)/t27-,32-/m1/s1. The number of rotatable bonds is 10. The van der Waals surface area contributed by atoms with Crippen molar-refractivity contribution < 1.29 is 33.3 Å². The molecule has 2 amide bonds. The molecule has 1 fully saturated rings. The summed E-state index contributed by atoms with van der Waals surface area (Å²) < 4.78 is 24.9. The van der Waals surface area contributed by atoms with E-state index >= 15 is 0 Å². The lowest BCUT2D eigenvalue weighted by Gasteiger charge is -2.32. The van der Waals surface area contributed by atoms with E-state index in [1.54, 1.807) is 14.2 Å². The van der Waals surface area contributed by atoms with E-state index < -0.39 is 18.2 Å². The molecule has 0 bridgehead atoms. The third-order valence-electron chi connectivity index (χ3n) is 8.38. The van der Waals surface area contributed by atoms with Gasteiger partial charge in [-0.1, -0.05) is 23.7 Å². The number of aromatic nitrogens is 1. The summed E-state index contributed by atoms with van der Waals surface area (Å²) in [4.78, 5) is 38.7. The zero-order valence-electron chi connectivity index (χ0n) is 25.2. The summed E-state index contributed by atoms with van der Waals surface area (Å²) in [6, 6.07) is 15.5. The molecule has 3 aromatic rings. The lowest BCUT2D eigenvalue weighted by Crippen LogP contribution is -2.40. The molecule has 1 aromatic heterocycles. The van der Waals surface area contributed by atoms with Gasteiger partial charge in [0.25, 0.3) is 0 Å². The van der Waals surface area contributed by atoms with E-state index in [1.807, 2.05) is 59.6 Å². The maximum Gasteiger partial charge on any atom is 0.325 e. The van der Waals surface area contributed by atoms with E-state index in [1.165, 1.54) is 7.11 Å². The number of hydrogen-bond acceptors (Lipinski definition) is 7. The number of esters is 1. The Hall–Kier alpha value is -4.02. The van der Waals surface area contributed by atoms with Crippen molar-refractivity contribution in [3.63, 3.8) is 0 Å². The number of nitrogens with zero attached hydrogens (tertiary/aromatic N) is 2. The van der Waals surface area contributed by atoms with Crippen LogP contribution < -0.4 is 14.8 Å². The number of amides is 2. The largest absolute Gasteiger partial charge is 0.493 e. The topological polar surface area (TPSA) is 108 Å². The van der Waals surface area contributed by atoms with Crippen LogP contribution in [-0.2, 0) is 23.9 Å². The van der Waals surface area contributed by atoms with Crippen LogP contribution in [0.3, 0.4) is 0 Å². The molecule has 1 saturated heterocycles. The quantitative estimate of drug-likeness (QED) is 0.317. The van der Waals surface area contributed by atoms with Crippen LogP contribution in [-0.4, -0.2) is 68.2 Å². The van der Waals surface area contributed by atoms with Gasteiger partial charge in [-0.25, -0.2) is 0 Å². The molecule has 2 aromatic carbocycles. The Morgan fingerprint density at radius 1 is 1.00 bits per heavy atom. The van der Waals surface area contributed by atoms with Crippen LogP contribution in [0.1, 0.15) is 61.1 Å². The molecule has 0 aliphatic carbocycles. The fourth-order valence-electron chi connectivity index (χ4n) is 6.09. The lowest BCUT2D eigenvalue weighted by atomic mass is 9.93. The van der Waals surface area contributed by atoms with E-state index in [0.717, 1.165) is 35.3 Å². The van der Waals surface area contributed by atoms with E-state index in [4.69, 9.17) is 25.8 Å². The van der Waals surface area contributed by atoms with Gasteiger partial charge in [-0.05, 0) is 61.6 Å². The average molecular weight is 624 g/mol. The highest BCUT2D eigenvalue weighted by atomic mass is 35.5. The summed E-state index contributed by atoms with van der Waals surface area (Å²) in [5.41, 5.74) is 3.57. The van der Waals surface area contributed by atoms with Crippen molar-refractivity contribution in [1.29, 1.82) is 0 Å². The van der Waals surface area contributed by atoms with Crippen molar-refractivity contribution >= 4 is 29.4 Å². The summed E-state index contributed by atoms with van der Waals surface area (Å²) in [6.45, 7) is 1.04. The maximum absolute atomic E-state index is 13.4. The highest BCUT2D eigenvalue weighted by Crippen LogP contribution is 2.46. The first-order chi connectivity index (χ1) is 21.3. The molecule has 234 valence electrons. The summed E-state index contributed by atoms with van der Waals surface area (Å²) in [5, 5.41) is 3.18. The summed E-state index contributed by atoms with van der Waals surface area (Å²) in [7, 11) is 4.49. The molecule has 10 nitrogen and oxygen atoms in total. The smallest absolute Gasteiger partial charge is 0.325 e. The molecule has 2 aliphatic rings. The van der Waals surface area contributed by atoms with Crippen LogP contribution in [0.15, 0.2) is 54.7 Å². The highest BCUT2D eigenvalue weighted by molar-refractivity contribution is 6.30. The van der Waals surface area contributed by atoms with Crippen molar-refractivity contribution in [2.45, 2.75) is 44.3 Å². The second-order valence-corrected chi connectivity index (χ2v) is 11.4. The van der Waals surface area contributed by atoms with E-state index in [2.05, 4.69) is 14.6 Å². The number of nitrogens with one attached hydrogen (secondary N) is 1. The first kappa shape index (κ1) is 31.4. The molecular formula is C33H38ClN3O7. The van der Waals surface area contributed by atoms with Gasteiger partial charge in [-0.15, -0.1) is 0 Å². The molecule has 2 atom stereocenters. The van der Waals surface area contributed by atoms with Crippen molar-refractivity contribution in [2.75, 3.05) is 41.0 Å². The van der Waals surface area contributed by atoms with E-state index in [0.29, 0.717) is 48.9 Å². The molecule has 1 N–H and O–H groups in total. The normalized spacial score (nSPS) is 18.0. The zero-order valence-corrected chi connectivity index (χ0v) is 26.0. The molecule has 5 rings (SSSR count). The lowest BCUT2D eigenvalue weighted by molar-refractivity contribution is -0.141. The fraction of sp³-hybridized carbons (Fsp3) is 0.424. The summed E-state index contributed by atoms with van der Waals surface area (Å²) in [6.07, 6.45) is 3.64. The number of halogens is 1. The van der Waals surface area contributed by atoms with Crippen molar-refractivity contribution in [3.05, 3.63) is 76.6 Å². The second kappa shape index (κ2) is 14.2. The monoisotopic (exact) mass is 623 g/mol. The van der Waals surface area contributed by atoms with Gasteiger partial charge in [-0.2, -0.15) is 0 Å². The van der Waals surface area contributed by atoms with Crippen LogP contribution in [0.25, 0.3) is 5.69 Å². The van der Waals surface area contributed by atoms with Gasteiger partial charge in [0.15, 0.2) is 11.5 Å². The predicted molar refractivity (Wildman–Crippen MR) is 164 cm³/mol. The third-order valence-corrected chi connectivity index (χ3v) is 8.61. The van der Waals surface area contributed by atoms with Crippen molar-refractivity contribution in [2.24, 2.45) is 5.92 Å². The molecule has 2 aliphatic heterocycles. The van der Waals surface area contributed by atoms with Gasteiger partial charge in [0.2, 0.25) is 11.8 Å². The van der Waals surface area contributed by atoms with Gasteiger partial charge >= 0.3 is 5.97 Å². The van der Waals surface area contributed by atoms with Crippen LogP contribution in [0.5, 0.6) is 11.5 Å². The molecule has 0 radical (unpaired) electrons. The number of fused-ring (bicyclic) bond motifs is 3. The van der Waals surface area contributed by atoms with Gasteiger partial charge < -0.3 is 33.7 Å². The fourth-order valence-corrected chi connectivity index (χ4v) is 6.27. The number of carbonyl (C=O) groups excluding carboxylic acids is 3. The average Bonchev–Trinajstić information content (AvgIpc) is 3.48. The molecular weight excluding hydrogens is 586 g/mol. The van der Waals surface area contributed by atoms with Gasteiger partial charge in [0.1, 0.15) is 12.6 Å². The highest BCUT2D eigenvalue weighted by Gasteiger charge is 2.34. The molecule has 0 unspecified atom stereocenters. The van der Waals surface area contributed by atoms with Gasteiger partial charge in [0.05, 0.1) is 38.8 Å². The number of likely N-dealkylation sites (tertiary alicyclic amines) is 1. The first-order valence-electron chi connectivity index (χ1n) is 14.8. The second-order valence-electron chi connectivity index (χ2n) is 11.0. The number of ether oxygens (including phenoxy) is 4. The molecule has 44 heavy (non-hydrogen) atoms. The van der Waals surface area contributed by atoms with Crippen molar-refractivity contribution in [1.82, 2.24) is 14.8 Å². The van der Waals surface area contributed by atoms with Crippen LogP contribution in [0.4, 0.5) is 0 Å². The van der Waals surface area contributed by atoms with Crippen molar-refractivity contribution in [3.8, 4) is 17.2 Å². The Labute approximate surface area is 262 Å². The zero-order chi connectivity index (χ0) is 31.2. The number of carbonyl (C=O) groups is 3. The van der Waals surface area contributed by atoms with Crippen LogP contribution in [0, 0.1) is 5.92 Å². The van der Waals surface area contributed by atoms with Gasteiger partial charge in [-0.3, -0.25) is 14.4 Å². The Bertz CT molecular complexity index is 1500. The predicted octanol–water partition coefficient (Wildman–Crippen LogP) is 5.01. The Balaban J connectivity index is 1.29. The number of piperidine rings is 1. The Morgan fingerprint density at radius 3 is 2.52 bits per heavy atom. The number of methoxy groups -OCH3 is 3. The molecule has 0 spiro atoms. The van der Waals surface area contributed by atoms with E-state index in [9.17, 15) is 14.4 Å². The third kappa shape index (κ3) is 6.87. The van der Waals surface area contributed by atoms with E-state index in [-0.39, 0.29) is 24.3 Å². The minimum Gasteiger partial charge on any atom is -0.493 e. The first-order valence-corrected chi connectivity index (χ1v) is 15.1. The maximum atomic E-state index is 13.4. The Kier molecular flexibility index (Phi) is 10.1.